The Morgan fingerprint density at radius 1 is 1.06 bits per heavy atom. The number of halogens is 3. The van der Waals surface area contributed by atoms with E-state index in [0.29, 0.717) is 48.8 Å². The largest absolute Gasteiger partial charge is 0.484 e. The van der Waals surface area contributed by atoms with Gasteiger partial charge in [-0.15, -0.1) is 0 Å². The predicted octanol–water partition coefficient (Wildman–Crippen LogP) is 3.85. The normalized spacial score (nSPS) is 16.1. The van der Waals surface area contributed by atoms with Crippen molar-refractivity contribution in [3.05, 3.63) is 60.2 Å². The first-order chi connectivity index (χ1) is 14.9. The molecule has 2 aromatic carbocycles. The molecule has 3 aromatic rings. The second-order valence-corrected chi connectivity index (χ2v) is 7.44. The molecule has 0 N–H and O–H groups in total. The van der Waals surface area contributed by atoms with Gasteiger partial charge in [0.25, 0.3) is 5.91 Å². The Balaban J connectivity index is 1.37. The van der Waals surface area contributed by atoms with E-state index in [0.717, 1.165) is 4.57 Å². The molecule has 1 unspecified atom stereocenters. The van der Waals surface area contributed by atoms with Crippen molar-refractivity contribution < 1.29 is 22.7 Å². The molecule has 31 heavy (non-hydrogen) atoms. The van der Waals surface area contributed by atoms with Crippen molar-refractivity contribution in [1.82, 2.24) is 19.4 Å². The number of benzene rings is 2. The molecule has 1 aromatic heterocycles. The molecule has 1 fully saturated rings. The maximum absolute atomic E-state index is 13.7. The molecular formula is C22H23F3N4O2. The lowest BCUT2D eigenvalue weighted by Gasteiger charge is -2.37. The highest BCUT2D eigenvalue weighted by atomic mass is 19.3. The van der Waals surface area contributed by atoms with Crippen molar-refractivity contribution in [3.8, 4) is 5.75 Å². The molecule has 1 amide bonds. The lowest BCUT2D eigenvalue weighted by Crippen LogP contribution is -2.50. The summed E-state index contributed by atoms with van der Waals surface area (Å²) in [5.74, 6) is 0.198. The summed E-state index contributed by atoms with van der Waals surface area (Å²) < 4.78 is 46.9. The minimum absolute atomic E-state index is 0.137. The van der Waals surface area contributed by atoms with Crippen LogP contribution in [0, 0.1) is 5.82 Å². The number of alkyl halides is 2. The van der Waals surface area contributed by atoms with Gasteiger partial charge in [0.1, 0.15) is 17.4 Å². The maximum Gasteiger partial charge on any atom is 0.320 e. The third-order valence-electron chi connectivity index (χ3n) is 5.58. The van der Waals surface area contributed by atoms with Gasteiger partial charge in [-0.2, -0.15) is 8.78 Å². The first-order valence-electron chi connectivity index (χ1n) is 10.1. The van der Waals surface area contributed by atoms with Crippen LogP contribution in [0.15, 0.2) is 48.5 Å². The van der Waals surface area contributed by atoms with Crippen molar-refractivity contribution in [2.24, 2.45) is 0 Å². The Bertz CT molecular complexity index is 1050. The van der Waals surface area contributed by atoms with Gasteiger partial charge >= 0.3 is 6.55 Å². The zero-order valence-electron chi connectivity index (χ0n) is 17.0. The van der Waals surface area contributed by atoms with Crippen LogP contribution in [-0.2, 0) is 4.79 Å². The lowest BCUT2D eigenvalue weighted by atomic mass is 10.2. The van der Waals surface area contributed by atoms with Gasteiger partial charge in [0, 0.05) is 26.2 Å². The number of carbonyl (C=O) groups is 1. The van der Waals surface area contributed by atoms with Gasteiger partial charge in [0.15, 0.2) is 6.61 Å². The Kier molecular flexibility index (Phi) is 6.13. The predicted molar refractivity (Wildman–Crippen MR) is 109 cm³/mol. The number of aromatic nitrogens is 2. The number of para-hydroxylation sites is 2. The Labute approximate surface area is 177 Å². The fourth-order valence-corrected chi connectivity index (χ4v) is 3.85. The molecule has 1 saturated heterocycles. The van der Waals surface area contributed by atoms with Gasteiger partial charge in [-0.25, -0.2) is 9.37 Å². The summed E-state index contributed by atoms with van der Waals surface area (Å²) in [5, 5.41) is 0. The van der Waals surface area contributed by atoms with E-state index in [9.17, 15) is 18.0 Å². The highest BCUT2D eigenvalue weighted by Gasteiger charge is 2.29. The Hall–Kier alpha value is -3.07. The van der Waals surface area contributed by atoms with Gasteiger partial charge in [0.05, 0.1) is 17.1 Å². The first kappa shape index (κ1) is 21.2. The Morgan fingerprint density at radius 2 is 1.74 bits per heavy atom. The fourth-order valence-electron chi connectivity index (χ4n) is 3.85. The third-order valence-corrected chi connectivity index (χ3v) is 5.58. The molecule has 0 aliphatic carbocycles. The monoisotopic (exact) mass is 432 g/mol. The molecule has 1 aliphatic heterocycles. The fraction of sp³-hybridized carbons (Fsp3) is 0.364. The van der Waals surface area contributed by atoms with E-state index in [1.807, 2.05) is 11.8 Å². The second kappa shape index (κ2) is 8.97. The van der Waals surface area contributed by atoms with Crippen LogP contribution in [0.5, 0.6) is 5.75 Å². The zero-order chi connectivity index (χ0) is 22.0. The molecule has 1 atom stereocenters. The SMILES string of the molecule is CC(c1nc2ccccc2n1C(F)F)N1CCN(C(=O)COc2ccc(F)cc2)CC1. The quantitative estimate of drug-likeness (QED) is 0.594. The van der Waals surface area contributed by atoms with Crippen LogP contribution in [0.25, 0.3) is 11.0 Å². The van der Waals surface area contributed by atoms with E-state index >= 15 is 0 Å². The molecule has 0 saturated carbocycles. The summed E-state index contributed by atoms with van der Waals surface area (Å²) in [6.45, 7) is 1.04. The van der Waals surface area contributed by atoms with Gasteiger partial charge in [-0.3, -0.25) is 14.3 Å². The van der Waals surface area contributed by atoms with Crippen molar-refractivity contribution in [1.29, 1.82) is 0 Å². The summed E-state index contributed by atoms with van der Waals surface area (Å²) in [6.07, 6.45) is 0. The van der Waals surface area contributed by atoms with Crippen LogP contribution < -0.4 is 4.74 Å². The van der Waals surface area contributed by atoms with Gasteiger partial charge in [-0.05, 0) is 43.3 Å². The summed E-state index contributed by atoms with van der Waals surface area (Å²) in [4.78, 5) is 20.6. The number of piperazine rings is 1. The number of fused-ring (bicyclic) bond motifs is 1. The van der Waals surface area contributed by atoms with Gasteiger partial charge in [0.2, 0.25) is 0 Å². The number of ether oxygens (including phenoxy) is 1. The molecule has 164 valence electrons. The van der Waals surface area contributed by atoms with E-state index in [4.69, 9.17) is 4.74 Å². The summed E-state index contributed by atoms with van der Waals surface area (Å²) in [5.41, 5.74) is 0.947. The number of rotatable bonds is 6. The van der Waals surface area contributed by atoms with Crippen LogP contribution in [0.4, 0.5) is 13.2 Å². The van der Waals surface area contributed by atoms with E-state index < -0.39 is 6.55 Å². The van der Waals surface area contributed by atoms with Gasteiger partial charge < -0.3 is 9.64 Å². The van der Waals surface area contributed by atoms with Crippen LogP contribution in [0.1, 0.15) is 25.3 Å². The maximum atomic E-state index is 13.7. The minimum atomic E-state index is -2.68. The van der Waals surface area contributed by atoms with Crippen molar-refractivity contribution in [2.75, 3.05) is 32.8 Å². The minimum Gasteiger partial charge on any atom is -0.484 e. The van der Waals surface area contributed by atoms with Crippen molar-refractivity contribution in [2.45, 2.75) is 19.5 Å². The topological polar surface area (TPSA) is 50.6 Å². The average Bonchev–Trinajstić information content (AvgIpc) is 3.18. The molecular weight excluding hydrogens is 409 g/mol. The van der Waals surface area contributed by atoms with E-state index in [1.54, 1.807) is 29.2 Å². The van der Waals surface area contributed by atoms with E-state index in [1.165, 1.54) is 24.3 Å². The summed E-state index contributed by atoms with van der Waals surface area (Å²) >= 11 is 0. The van der Waals surface area contributed by atoms with Crippen LogP contribution in [-0.4, -0.2) is 58.0 Å². The number of hydrogen-bond acceptors (Lipinski definition) is 4. The van der Waals surface area contributed by atoms with Gasteiger partial charge in [-0.1, -0.05) is 12.1 Å². The summed E-state index contributed by atoms with van der Waals surface area (Å²) in [7, 11) is 0. The van der Waals surface area contributed by atoms with Crippen LogP contribution in [0.3, 0.4) is 0 Å². The summed E-state index contributed by atoms with van der Waals surface area (Å²) in [6, 6.07) is 12.0. The molecule has 1 aliphatic rings. The standard InChI is InChI=1S/C22H23F3N4O2/c1-15(21-26-18-4-2-3-5-19(18)29(21)22(24)25)27-10-12-28(13-11-27)20(30)14-31-17-8-6-16(23)7-9-17/h2-9,15,22H,10-14H2,1H3. The van der Waals surface area contributed by atoms with Crippen molar-refractivity contribution >= 4 is 16.9 Å². The molecule has 0 spiro atoms. The molecule has 6 nitrogen and oxygen atoms in total. The lowest BCUT2D eigenvalue weighted by molar-refractivity contribution is -0.135. The van der Waals surface area contributed by atoms with Crippen LogP contribution >= 0.6 is 0 Å². The number of nitrogens with zero attached hydrogens (tertiary/aromatic N) is 4. The number of amides is 1. The number of hydrogen-bond donors (Lipinski definition) is 0. The van der Waals surface area contributed by atoms with Crippen molar-refractivity contribution in [3.63, 3.8) is 0 Å². The molecule has 0 bridgehead atoms. The van der Waals surface area contributed by atoms with Crippen LogP contribution in [0.2, 0.25) is 0 Å². The highest BCUT2D eigenvalue weighted by Crippen LogP contribution is 2.29. The molecule has 2 heterocycles. The van der Waals surface area contributed by atoms with E-state index in [-0.39, 0.29) is 24.4 Å². The average molecular weight is 432 g/mol. The Morgan fingerprint density at radius 3 is 2.42 bits per heavy atom. The third kappa shape index (κ3) is 4.51. The first-order valence-corrected chi connectivity index (χ1v) is 10.1. The highest BCUT2D eigenvalue weighted by molar-refractivity contribution is 5.78. The zero-order valence-corrected chi connectivity index (χ0v) is 17.0. The molecule has 4 rings (SSSR count). The second-order valence-electron chi connectivity index (χ2n) is 7.44. The number of imidazole rings is 1. The molecule has 0 radical (unpaired) electrons. The number of carbonyl (C=O) groups excluding carboxylic acids is 1. The van der Waals surface area contributed by atoms with E-state index in [2.05, 4.69) is 4.98 Å². The molecule has 9 heteroatoms. The smallest absolute Gasteiger partial charge is 0.320 e.